The van der Waals surface area contributed by atoms with Crippen molar-refractivity contribution >= 4 is 11.6 Å². The zero-order valence-electron chi connectivity index (χ0n) is 13.4. The fourth-order valence-electron chi connectivity index (χ4n) is 2.81. The third-order valence-corrected chi connectivity index (χ3v) is 4.07. The Bertz CT molecular complexity index is 834. The lowest BCUT2D eigenvalue weighted by molar-refractivity contribution is 0.122. The molecule has 0 radical (unpaired) electrons. The fourth-order valence-corrected chi connectivity index (χ4v) is 2.81. The van der Waals surface area contributed by atoms with E-state index in [1.165, 1.54) is 5.56 Å². The first kappa shape index (κ1) is 14.1. The van der Waals surface area contributed by atoms with Gasteiger partial charge < -0.3 is 9.64 Å². The van der Waals surface area contributed by atoms with Crippen LogP contribution in [0.3, 0.4) is 0 Å². The molecule has 118 valence electrons. The molecule has 4 rings (SSSR count). The zero-order chi connectivity index (χ0) is 15.8. The van der Waals surface area contributed by atoms with Crippen LogP contribution in [0.5, 0.6) is 0 Å². The summed E-state index contributed by atoms with van der Waals surface area (Å²) >= 11 is 0. The Kier molecular flexibility index (Phi) is 3.46. The third kappa shape index (κ3) is 2.66. The van der Waals surface area contributed by atoms with Crippen molar-refractivity contribution in [3.05, 3.63) is 41.6 Å². The van der Waals surface area contributed by atoms with E-state index in [1.54, 1.807) is 0 Å². The minimum absolute atomic E-state index is 0.641. The second-order valence-corrected chi connectivity index (χ2v) is 5.87. The molecule has 0 unspecified atom stereocenters. The van der Waals surface area contributed by atoms with Crippen LogP contribution in [0.2, 0.25) is 0 Å². The van der Waals surface area contributed by atoms with Crippen molar-refractivity contribution in [3.8, 4) is 11.4 Å². The number of aromatic nitrogens is 4. The van der Waals surface area contributed by atoms with Crippen molar-refractivity contribution < 1.29 is 4.74 Å². The monoisotopic (exact) mass is 309 g/mol. The largest absolute Gasteiger partial charge is 0.378 e. The van der Waals surface area contributed by atoms with Crippen molar-refractivity contribution in [2.45, 2.75) is 13.8 Å². The van der Waals surface area contributed by atoms with E-state index < -0.39 is 0 Å². The molecule has 1 aliphatic heterocycles. The van der Waals surface area contributed by atoms with Crippen LogP contribution in [0.15, 0.2) is 30.3 Å². The van der Waals surface area contributed by atoms with Crippen LogP contribution in [0.4, 0.5) is 5.82 Å². The third-order valence-electron chi connectivity index (χ3n) is 4.07. The van der Waals surface area contributed by atoms with Crippen molar-refractivity contribution in [3.63, 3.8) is 0 Å². The minimum atomic E-state index is 0.641. The van der Waals surface area contributed by atoms with Crippen LogP contribution < -0.4 is 4.90 Å². The normalized spacial score (nSPS) is 15.3. The van der Waals surface area contributed by atoms with Crippen molar-refractivity contribution in [1.82, 2.24) is 19.6 Å². The Morgan fingerprint density at radius 3 is 2.48 bits per heavy atom. The van der Waals surface area contributed by atoms with E-state index in [0.29, 0.717) is 11.6 Å². The molecule has 0 saturated carbocycles. The summed E-state index contributed by atoms with van der Waals surface area (Å²) in [4.78, 5) is 11.4. The number of rotatable bonds is 2. The van der Waals surface area contributed by atoms with Crippen molar-refractivity contribution in [2.75, 3.05) is 31.2 Å². The van der Waals surface area contributed by atoms with Gasteiger partial charge in [-0.15, -0.1) is 5.10 Å². The van der Waals surface area contributed by atoms with Gasteiger partial charge in [0.1, 0.15) is 5.82 Å². The van der Waals surface area contributed by atoms with Crippen LogP contribution in [-0.4, -0.2) is 45.9 Å². The first-order valence-corrected chi connectivity index (χ1v) is 7.85. The van der Waals surface area contributed by atoms with Crippen LogP contribution in [0.25, 0.3) is 17.2 Å². The number of hydrogen-bond acceptors (Lipinski definition) is 5. The van der Waals surface area contributed by atoms with Gasteiger partial charge in [-0.05, 0) is 13.8 Å². The number of nitrogens with zero attached hydrogens (tertiary/aromatic N) is 5. The highest BCUT2D eigenvalue weighted by molar-refractivity contribution is 5.59. The van der Waals surface area contributed by atoms with Crippen LogP contribution >= 0.6 is 0 Å². The van der Waals surface area contributed by atoms with E-state index in [4.69, 9.17) is 4.74 Å². The van der Waals surface area contributed by atoms with Gasteiger partial charge in [0, 0.05) is 30.4 Å². The summed E-state index contributed by atoms with van der Waals surface area (Å²) in [5.74, 6) is 2.38. The Labute approximate surface area is 134 Å². The predicted molar refractivity (Wildman–Crippen MR) is 88.7 cm³/mol. The van der Waals surface area contributed by atoms with Crippen LogP contribution in [-0.2, 0) is 4.74 Å². The number of fused-ring (bicyclic) bond motifs is 1. The Morgan fingerprint density at radius 2 is 1.74 bits per heavy atom. The van der Waals surface area contributed by atoms with Gasteiger partial charge in [-0.25, -0.2) is 4.98 Å². The quantitative estimate of drug-likeness (QED) is 0.727. The van der Waals surface area contributed by atoms with Crippen molar-refractivity contribution in [1.29, 1.82) is 0 Å². The maximum absolute atomic E-state index is 5.45. The summed E-state index contributed by atoms with van der Waals surface area (Å²) in [5, 5.41) is 4.69. The van der Waals surface area contributed by atoms with Crippen molar-refractivity contribution in [2.24, 2.45) is 0 Å². The van der Waals surface area contributed by atoms with E-state index in [9.17, 15) is 0 Å². The first-order chi connectivity index (χ1) is 11.2. The predicted octanol–water partition coefficient (Wildman–Crippen LogP) is 2.24. The molecule has 1 aromatic carbocycles. The first-order valence-electron chi connectivity index (χ1n) is 7.85. The van der Waals surface area contributed by atoms with Gasteiger partial charge in [0.2, 0.25) is 0 Å². The standard InChI is InChI=1S/C17H19N5O/c1-12-3-5-14(6-4-12)16-19-17-18-13(2)11-15(22(17)20-16)21-7-9-23-10-8-21/h3-6,11H,7-10H2,1-2H3. The number of morpholine rings is 1. The Hall–Kier alpha value is -2.47. The van der Waals surface area contributed by atoms with Gasteiger partial charge in [-0.1, -0.05) is 29.8 Å². The summed E-state index contributed by atoms with van der Waals surface area (Å²) in [6.45, 7) is 7.26. The van der Waals surface area contributed by atoms with E-state index in [1.807, 2.05) is 23.6 Å². The van der Waals surface area contributed by atoms with Gasteiger partial charge in [0.25, 0.3) is 5.78 Å². The molecule has 2 aromatic heterocycles. The maximum atomic E-state index is 5.45. The van der Waals surface area contributed by atoms with Crippen LogP contribution in [0, 0.1) is 13.8 Å². The fraction of sp³-hybridized carbons (Fsp3) is 0.353. The SMILES string of the molecule is Cc1ccc(-c2nc3nc(C)cc(N4CCOCC4)n3n2)cc1. The molecule has 1 fully saturated rings. The average molecular weight is 309 g/mol. The van der Waals surface area contributed by atoms with Crippen LogP contribution in [0.1, 0.15) is 11.3 Å². The molecule has 0 N–H and O–H groups in total. The van der Waals surface area contributed by atoms with E-state index in [-0.39, 0.29) is 0 Å². The number of benzene rings is 1. The zero-order valence-corrected chi connectivity index (χ0v) is 13.4. The molecular formula is C17H19N5O. The average Bonchev–Trinajstić information content (AvgIpc) is 2.99. The van der Waals surface area contributed by atoms with Gasteiger partial charge in [-0.2, -0.15) is 9.50 Å². The molecule has 3 aromatic rings. The van der Waals surface area contributed by atoms with E-state index in [0.717, 1.165) is 43.4 Å². The molecule has 6 heteroatoms. The summed E-state index contributed by atoms with van der Waals surface area (Å²) in [5.41, 5.74) is 3.18. The summed E-state index contributed by atoms with van der Waals surface area (Å²) in [6, 6.07) is 10.3. The summed E-state index contributed by atoms with van der Waals surface area (Å²) in [7, 11) is 0. The molecule has 3 heterocycles. The van der Waals surface area contributed by atoms with Gasteiger partial charge in [0.05, 0.1) is 13.2 Å². The minimum Gasteiger partial charge on any atom is -0.378 e. The molecule has 0 bridgehead atoms. The molecule has 0 atom stereocenters. The summed E-state index contributed by atoms with van der Waals surface area (Å²) in [6.07, 6.45) is 0. The lowest BCUT2D eigenvalue weighted by Crippen LogP contribution is -2.37. The van der Waals surface area contributed by atoms with Gasteiger partial charge in [-0.3, -0.25) is 0 Å². The maximum Gasteiger partial charge on any atom is 0.254 e. The highest BCUT2D eigenvalue weighted by atomic mass is 16.5. The smallest absolute Gasteiger partial charge is 0.254 e. The molecule has 23 heavy (non-hydrogen) atoms. The molecule has 6 nitrogen and oxygen atoms in total. The number of aryl methyl sites for hydroxylation is 2. The highest BCUT2D eigenvalue weighted by Gasteiger charge is 2.18. The lowest BCUT2D eigenvalue weighted by Gasteiger charge is -2.28. The Morgan fingerprint density at radius 1 is 1.00 bits per heavy atom. The van der Waals surface area contributed by atoms with E-state index >= 15 is 0 Å². The number of hydrogen-bond donors (Lipinski definition) is 0. The Balaban J connectivity index is 1.82. The summed E-state index contributed by atoms with van der Waals surface area (Å²) < 4.78 is 7.29. The topological polar surface area (TPSA) is 55.5 Å². The second kappa shape index (κ2) is 5.62. The molecule has 1 saturated heterocycles. The highest BCUT2D eigenvalue weighted by Crippen LogP contribution is 2.21. The van der Waals surface area contributed by atoms with Gasteiger partial charge >= 0.3 is 0 Å². The molecule has 1 aliphatic rings. The molecule has 0 aliphatic carbocycles. The van der Waals surface area contributed by atoms with Gasteiger partial charge in [0.15, 0.2) is 5.82 Å². The molecule has 0 amide bonds. The number of anilines is 1. The molecular weight excluding hydrogens is 290 g/mol. The number of ether oxygens (including phenoxy) is 1. The second-order valence-electron chi connectivity index (χ2n) is 5.87. The molecule has 0 spiro atoms. The van der Waals surface area contributed by atoms with E-state index in [2.05, 4.69) is 45.1 Å². The lowest BCUT2D eigenvalue weighted by atomic mass is 10.1.